The summed E-state index contributed by atoms with van der Waals surface area (Å²) in [6.45, 7) is 10.2. The third-order valence-corrected chi connectivity index (χ3v) is 14.0. The van der Waals surface area contributed by atoms with Crippen molar-refractivity contribution in [2.24, 2.45) is 11.3 Å². The van der Waals surface area contributed by atoms with E-state index in [1.807, 2.05) is 38.1 Å². The monoisotopic (exact) mass is 892 g/mol. The fourth-order valence-electron chi connectivity index (χ4n) is 10.1. The van der Waals surface area contributed by atoms with Crippen LogP contribution in [0.4, 0.5) is 23.1 Å². The molecule has 1 spiro atoms. The summed E-state index contributed by atoms with van der Waals surface area (Å²) in [6.07, 6.45) is 7.16. The predicted octanol–water partition coefficient (Wildman–Crippen LogP) is 4.50. The van der Waals surface area contributed by atoms with Crippen molar-refractivity contribution in [3.05, 3.63) is 75.2 Å². The fraction of sp³-hybridized carbons (Fsp3) is 0.478. The number of nitrogens with zero attached hydrogens (tertiary/aromatic N) is 7. The Morgan fingerprint density at radius 2 is 1.67 bits per heavy atom. The van der Waals surface area contributed by atoms with E-state index in [0.717, 1.165) is 105 Å². The number of ether oxygens (including phenoxy) is 1. The Labute approximate surface area is 375 Å². The molecule has 2 aromatic heterocycles. The van der Waals surface area contributed by atoms with Gasteiger partial charge in [0.25, 0.3) is 23.3 Å². The minimum Gasteiger partial charge on any atom is -0.478 e. The summed E-state index contributed by atoms with van der Waals surface area (Å²) in [5.74, 6) is -0.550. The van der Waals surface area contributed by atoms with Crippen LogP contribution in [0.15, 0.2) is 53.5 Å². The molecular weight excluding hydrogens is 840 g/mol. The molecule has 17 nitrogen and oxygen atoms in total. The van der Waals surface area contributed by atoms with Gasteiger partial charge in [0.05, 0.1) is 22.8 Å². The first-order chi connectivity index (χ1) is 30.8. The number of amides is 5. The van der Waals surface area contributed by atoms with Gasteiger partial charge in [0.15, 0.2) is 18.2 Å². The van der Waals surface area contributed by atoms with E-state index in [2.05, 4.69) is 35.6 Å². The Kier molecular flexibility index (Phi) is 11.8. The van der Waals surface area contributed by atoms with E-state index in [0.29, 0.717) is 33.8 Å². The minimum atomic E-state index is -0.977. The number of likely N-dealkylation sites (tertiary alicyclic amines) is 1. The van der Waals surface area contributed by atoms with Crippen molar-refractivity contribution in [3.63, 3.8) is 0 Å². The number of halogens is 1. The van der Waals surface area contributed by atoms with Crippen LogP contribution in [0.3, 0.4) is 0 Å². The van der Waals surface area contributed by atoms with E-state index in [4.69, 9.17) is 21.3 Å². The Balaban J connectivity index is 0.777. The molecule has 9 rings (SSSR count). The van der Waals surface area contributed by atoms with Crippen molar-refractivity contribution >= 4 is 75.2 Å². The number of piperidine rings is 3. The highest BCUT2D eigenvalue weighted by molar-refractivity contribution is 6.33. The average Bonchev–Trinajstić information content (AvgIpc) is 3.79. The maximum atomic E-state index is 13.4. The number of imide groups is 2. The number of hydrogen-bond acceptors (Lipinski definition) is 13. The second kappa shape index (κ2) is 17.5. The molecular formula is C46H53ClN10O7. The third-order valence-electron chi connectivity index (χ3n) is 13.7. The van der Waals surface area contributed by atoms with Crippen LogP contribution in [-0.4, -0.2) is 119 Å². The van der Waals surface area contributed by atoms with Gasteiger partial charge < -0.3 is 34.6 Å². The van der Waals surface area contributed by atoms with E-state index < -0.39 is 29.7 Å². The Hall–Kier alpha value is -6.07. The molecule has 18 heteroatoms. The van der Waals surface area contributed by atoms with Crippen LogP contribution in [0.2, 0.25) is 5.02 Å². The summed E-state index contributed by atoms with van der Waals surface area (Å²) in [4.78, 5) is 93.6. The normalized spacial score (nSPS) is 20.4. The Bertz CT molecular complexity index is 2600. The van der Waals surface area contributed by atoms with Crippen LogP contribution < -0.4 is 36.0 Å². The van der Waals surface area contributed by atoms with Crippen molar-refractivity contribution in [1.29, 1.82) is 0 Å². The lowest BCUT2D eigenvalue weighted by molar-refractivity contribution is -0.136. The van der Waals surface area contributed by atoms with Gasteiger partial charge in [0.2, 0.25) is 17.8 Å². The van der Waals surface area contributed by atoms with Crippen LogP contribution in [-0.2, 0) is 14.4 Å². The van der Waals surface area contributed by atoms with Crippen molar-refractivity contribution in [3.8, 4) is 5.75 Å². The molecule has 0 aliphatic carbocycles. The second-order valence-electron chi connectivity index (χ2n) is 18.1. The van der Waals surface area contributed by atoms with E-state index in [1.54, 1.807) is 29.0 Å². The van der Waals surface area contributed by atoms with Gasteiger partial charge in [-0.2, -0.15) is 4.98 Å². The summed E-state index contributed by atoms with van der Waals surface area (Å²) in [5.41, 5.74) is 2.92. The van der Waals surface area contributed by atoms with Crippen LogP contribution in [0.5, 0.6) is 5.75 Å². The van der Waals surface area contributed by atoms with Gasteiger partial charge in [0, 0.05) is 75.5 Å². The molecule has 5 aliphatic rings. The molecule has 1 unspecified atom stereocenters. The van der Waals surface area contributed by atoms with Gasteiger partial charge in [-0.15, -0.1) is 0 Å². The summed E-state index contributed by atoms with van der Waals surface area (Å²) >= 11 is 6.63. The van der Waals surface area contributed by atoms with Crippen LogP contribution in [0.25, 0.3) is 10.9 Å². The van der Waals surface area contributed by atoms with E-state index in [-0.39, 0.29) is 48.1 Å². The van der Waals surface area contributed by atoms with Gasteiger partial charge >= 0.3 is 0 Å². The lowest BCUT2D eigenvalue weighted by atomic mass is 9.77. The number of benzene rings is 2. The topological polar surface area (TPSA) is 191 Å². The van der Waals surface area contributed by atoms with Crippen LogP contribution in [0.1, 0.15) is 85.6 Å². The smallest absolute Gasteiger partial charge is 0.293 e. The molecule has 4 saturated heterocycles. The zero-order valence-corrected chi connectivity index (χ0v) is 37.1. The van der Waals surface area contributed by atoms with Gasteiger partial charge in [-0.25, -0.2) is 4.98 Å². The molecule has 3 N–H and O–H groups in total. The molecule has 1 atom stereocenters. The fourth-order valence-corrected chi connectivity index (χ4v) is 10.3. The van der Waals surface area contributed by atoms with Crippen molar-refractivity contribution in [2.45, 2.75) is 70.9 Å². The van der Waals surface area contributed by atoms with Gasteiger partial charge in [-0.3, -0.25) is 39.0 Å². The number of anilines is 4. The molecule has 4 aromatic rings. The van der Waals surface area contributed by atoms with E-state index in [9.17, 15) is 28.8 Å². The number of aromatic nitrogens is 3. The van der Waals surface area contributed by atoms with E-state index >= 15 is 0 Å². The molecule has 2 aromatic carbocycles. The van der Waals surface area contributed by atoms with Crippen LogP contribution >= 0.6 is 11.6 Å². The Morgan fingerprint density at radius 3 is 2.41 bits per heavy atom. The first-order valence-corrected chi connectivity index (χ1v) is 22.6. The number of carbonyl (C=O) groups is 5. The largest absolute Gasteiger partial charge is 0.478 e. The molecule has 5 aliphatic heterocycles. The van der Waals surface area contributed by atoms with Gasteiger partial charge in [-0.05, 0) is 113 Å². The molecule has 0 bridgehead atoms. The van der Waals surface area contributed by atoms with Crippen molar-refractivity contribution in [1.82, 2.24) is 35.0 Å². The van der Waals surface area contributed by atoms with Crippen LogP contribution in [0, 0.1) is 11.3 Å². The standard InChI is InChI=1S/C46H53ClN10O7/c1-27(2)56-35-7-4-30(20-29(35)21-37(44(56)63)64-25-39(59)48-3)50-40-34(47)23-49-45(52-40)55-15-10-28(11-16-55)24-53-17-12-46(26-53)13-18-54(19-14-46)31-5-6-32-33(22-31)43(62)57(42(32)61)36-8-9-38(58)51-41(36)60/h4-7,20-23,27-28,36H,8-19,24-26H2,1-3H3,(H,48,59)(H,49,50,52)(H,51,58,60). The molecule has 336 valence electrons. The average molecular weight is 893 g/mol. The number of hydrogen-bond donors (Lipinski definition) is 3. The number of carbonyl (C=O) groups excluding carboxylic acids is 5. The first-order valence-electron chi connectivity index (χ1n) is 22.2. The SMILES string of the molecule is CNC(=O)COc1cc2cc(Nc3nc(N4CCC(CN5CCC6(CCN(c7ccc8c(c7)C(=O)N(C7CCC(=O)NC7=O)C8=O)CC6)C5)CC4)ncc3Cl)ccc2n(C(C)C)c1=O. The molecule has 7 heterocycles. The molecule has 0 radical (unpaired) electrons. The summed E-state index contributed by atoms with van der Waals surface area (Å²) in [5, 5.41) is 9.25. The predicted molar refractivity (Wildman–Crippen MR) is 241 cm³/mol. The molecule has 4 fully saturated rings. The summed E-state index contributed by atoms with van der Waals surface area (Å²) in [7, 11) is 1.51. The first kappa shape index (κ1) is 43.2. The summed E-state index contributed by atoms with van der Waals surface area (Å²) in [6, 6.07) is 11.6. The lowest BCUT2D eigenvalue weighted by Crippen LogP contribution is -2.54. The molecule has 5 amide bonds. The van der Waals surface area contributed by atoms with E-state index in [1.165, 1.54) is 7.05 Å². The molecule has 0 saturated carbocycles. The number of likely N-dealkylation sites (N-methyl/N-ethyl adjacent to an activating group) is 1. The third kappa shape index (κ3) is 8.38. The number of pyridine rings is 1. The maximum Gasteiger partial charge on any atom is 0.293 e. The number of fused-ring (bicyclic) bond motifs is 2. The maximum absolute atomic E-state index is 13.4. The van der Waals surface area contributed by atoms with Crippen molar-refractivity contribution < 1.29 is 28.7 Å². The highest BCUT2D eigenvalue weighted by Gasteiger charge is 2.46. The van der Waals surface area contributed by atoms with Gasteiger partial charge in [0.1, 0.15) is 11.1 Å². The number of rotatable bonds is 11. The highest BCUT2D eigenvalue weighted by Crippen LogP contribution is 2.43. The van der Waals surface area contributed by atoms with Crippen molar-refractivity contribution in [2.75, 3.05) is 74.6 Å². The second-order valence-corrected chi connectivity index (χ2v) is 18.5. The quantitative estimate of drug-likeness (QED) is 0.179. The summed E-state index contributed by atoms with van der Waals surface area (Å²) < 4.78 is 7.28. The Morgan fingerprint density at radius 1 is 0.922 bits per heavy atom. The minimum absolute atomic E-state index is 0.0897. The zero-order valence-electron chi connectivity index (χ0n) is 36.3. The molecule has 64 heavy (non-hydrogen) atoms. The lowest BCUT2D eigenvalue weighted by Gasteiger charge is -2.41. The zero-order chi connectivity index (χ0) is 44.9. The number of nitrogens with one attached hydrogen (secondary N) is 3. The highest BCUT2D eigenvalue weighted by atomic mass is 35.5. The van der Waals surface area contributed by atoms with Gasteiger partial charge in [-0.1, -0.05) is 11.6 Å².